The summed E-state index contributed by atoms with van der Waals surface area (Å²) < 4.78 is 2.30. The van der Waals surface area contributed by atoms with E-state index in [1.165, 1.54) is 5.52 Å². The van der Waals surface area contributed by atoms with Gasteiger partial charge in [0.25, 0.3) is 0 Å². The molecule has 1 aliphatic carbocycles. The summed E-state index contributed by atoms with van der Waals surface area (Å²) in [6.07, 6.45) is 3.81. The quantitative estimate of drug-likeness (QED) is 0.380. The van der Waals surface area contributed by atoms with E-state index < -0.39 is 0 Å². The van der Waals surface area contributed by atoms with E-state index in [9.17, 15) is 0 Å². The Balaban J connectivity index is 1.94. The summed E-state index contributed by atoms with van der Waals surface area (Å²) in [5, 5.41) is 11.9. The number of benzene rings is 1. The fourth-order valence-electron chi connectivity index (χ4n) is 2.89. The van der Waals surface area contributed by atoms with Gasteiger partial charge >= 0.3 is 0 Å². The molecule has 0 aliphatic heterocycles. The molecule has 0 radical (unpaired) electrons. The number of aryl methyl sites for hydroxylation is 1. The van der Waals surface area contributed by atoms with Gasteiger partial charge in [0.2, 0.25) is 0 Å². The number of nitrogens with two attached hydrogens (primary N) is 1. The van der Waals surface area contributed by atoms with Crippen molar-refractivity contribution in [1.29, 1.82) is 0 Å². The van der Waals surface area contributed by atoms with Crippen LogP contribution in [0.1, 0.15) is 32.0 Å². The number of hydrogen-bond donors (Lipinski definition) is 2. The van der Waals surface area contributed by atoms with Crippen LogP contribution in [0.15, 0.2) is 29.4 Å². The lowest BCUT2D eigenvalue weighted by Gasteiger charge is -2.17. The number of amidine groups is 1. The molecule has 3 N–H and O–H groups in total. The minimum Gasteiger partial charge on any atom is -0.409 e. The van der Waals surface area contributed by atoms with Crippen LogP contribution in [0.2, 0.25) is 0 Å². The van der Waals surface area contributed by atoms with Crippen LogP contribution in [0.5, 0.6) is 0 Å². The molecule has 1 saturated carbocycles. The topological polar surface area (TPSA) is 76.4 Å². The van der Waals surface area contributed by atoms with Crippen LogP contribution in [0.25, 0.3) is 11.0 Å². The van der Waals surface area contributed by atoms with E-state index in [1.807, 2.05) is 18.2 Å². The molecule has 0 unspecified atom stereocenters. The third-order valence-corrected chi connectivity index (χ3v) is 4.19. The van der Waals surface area contributed by atoms with E-state index in [0.29, 0.717) is 12.3 Å². The SMILES string of the molecule is CCc1nc2ccccc2n1CC1(CC(N)=NO)CC1. The summed E-state index contributed by atoms with van der Waals surface area (Å²) >= 11 is 0. The van der Waals surface area contributed by atoms with Crippen LogP contribution in [-0.4, -0.2) is 20.6 Å². The number of para-hydroxylation sites is 2. The summed E-state index contributed by atoms with van der Waals surface area (Å²) in [7, 11) is 0. The maximum Gasteiger partial charge on any atom is 0.139 e. The van der Waals surface area contributed by atoms with Crippen molar-refractivity contribution in [1.82, 2.24) is 9.55 Å². The normalized spacial score (nSPS) is 17.6. The smallest absolute Gasteiger partial charge is 0.139 e. The molecule has 1 aromatic carbocycles. The van der Waals surface area contributed by atoms with Gasteiger partial charge in [-0.2, -0.15) is 0 Å². The van der Waals surface area contributed by atoms with Crippen molar-refractivity contribution in [2.75, 3.05) is 0 Å². The molecule has 1 aromatic heterocycles. The summed E-state index contributed by atoms with van der Waals surface area (Å²) in [5.74, 6) is 1.43. The Morgan fingerprint density at radius 1 is 1.45 bits per heavy atom. The molecule has 0 amide bonds. The molecule has 20 heavy (non-hydrogen) atoms. The second kappa shape index (κ2) is 4.81. The fraction of sp³-hybridized carbons (Fsp3) is 0.467. The van der Waals surface area contributed by atoms with Crippen LogP contribution in [0.4, 0.5) is 0 Å². The molecule has 0 saturated heterocycles. The van der Waals surface area contributed by atoms with Gasteiger partial charge in [0, 0.05) is 19.4 Å². The summed E-state index contributed by atoms with van der Waals surface area (Å²) in [6, 6.07) is 8.22. The number of oxime groups is 1. The van der Waals surface area contributed by atoms with Crippen LogP contribution in [0.3, 0.4) is 0 Å². The van der Waals surface area contributed by atoms with Gasteiger partial charge in [-0.25, -0.2) is 4.98 Å². The zero-order valence-electron chi connectivity index (χ0n) is 11.7. The van der Waals surface area contributed by atoms with E-state index in [2.05, 4.69) is 22.7 Å². The standard InChI is InChI=1S/C15H20N4O/c1-2-14-17-11-5-3-4-6-12(11)19(14)10-15(7-8-15)9-13(16)18-20/h3-6,20H,2,7-10H2,1H3,(H2,16,18). The van der Waals surface area contributed by atoms with Gasteiger partial charge in [-0.1, -0.05) is 24.2 Å². The Morgan fingerprint density at radius 2 is 2.20 bits per heavy atom. The van der Waals surface area contributed by atoms with E-state index in [-0.39, 0.29) is 5.41 Å². The minimum atomic E-state index is 0.143. The van der Waals surface area contributed by atoms with Crippen LogP contribution < -0.4 is 5.73 Å². The van der Waals surface area contributed by atoms with E-state index >= 15 is 0 Å². The third-order valence-electron chi connectivity index (χ3n) is 4.19. The van der Waals surface area contributed by atoms with E-state index in [0.717, 1.165) is 37.1 Å². The minimum absolute atomic E-state index is 0.143. The number of imidazole rings is 1. The molecule has 106 valence electrons. The highest BCUT2D eigenvalue weighted by Crippen LogP contribution is 2.50. The zero-order valence-corrected chi connectivity index (χ0v) is 11.7. The fourth-order valence-corrected chi connectivity index (χ4v) is 2.89. The predicted molar refractivity (Wildman–Crippen MR) is 78.8 cm³/mol. The van der Waals surface area contributed by atoms with Crippen molar-refractivity contribution in [3.63, 3.8) is 0 Å². The molecule has 0 spiro atoms. The summed E-state index contributed by atoms with van der Waals surface area (Å²) in [4.78, 5) is 4.69. The molecule has 3 rings (SSSR count). The van der Waals surface area contributed by atoms with Gasteiger partial charge in [-0.05, 0) is 30.4 Å². The maximum absolute atomic E-state index is 8.77. The van der Waals surface area contributed by atoms with E-state index in [4.69, 9.17) is 15.9 Å². The Kier molecular flexibility index (Phi) is 3.12. The average Bonchev–Trinajstić information content (AvgIpc) is 3.13. The first-order chi connectivity index (χ1) is 9.67. The lowest BCUT2D eigenvalue weighted by atomic mass is 10.0. The molecular weight excluding hydrogens is 252 g/mol. The van der Waals surface area contributed by atoms with Crippen molar-refractivity contribution in [3.8, 4) is 0 Å². The van der Waals surface area contributed by atoms with Gasteiger partial charge in [0.05, 0.1) is 11.0 Å². The molecular formula is C15H20N4O. The monoisotopic (exact) mass is 272 g/mol. The van der Waals surface area contributed by atoms with Crippen molar-refractivity contribution >= 4 is 16.9 Å². The Morgan fingerprint density at radius 3 is 2.85 bits per heavy atom. The Bertz CT molecular complexity index is 655. The predicted octanol–water partition coefficient (Wildman–Crippen LogP) is 2.52. The third kappa shape index (κ3) is 2.24. The number of aromatic nitrogens is 2. The van der Waals surface area contributed by atoms with Gasteiger partial charge in [0.1, 0.15) is 11.7 Å². The molecule has 1 fully saturated rings. The Hall–Kier alpha value is -2.04. The largest absolute Gasteiger partial charge is 0.409 e. The molecule has 2 aromatic rings. The second-order valence-corrected chi connectivity index (χ2v) is 5.72. The first kappa shape index (κ1) is 13.0. The molecule has 0 bridgehead atoms. The molecule has 0 atom stereocenters. The zero-order chi connectivity index (χ0) is 14.2. The van der Waals surface area contributed by atoms with Gasteiger partial charge in [-0.15, -0.1) is 0 Å². The lowest BCUT2D eigenvalue weighted by Crippen LogP contribution is -2.22. The van der Waals surface area contributed by atoms with Gasteiger partial charge in [-0.3, -0.25) is 0 Å². The first-order valence-corrected chi connectivity index (χ1v) is 7.08. The molecule has 1 heterocycles. The number of rotatable bonds is 5. The van der Waals surface area contributed by atoms with Crippen molar-refractivity contribution < 1.29 is 5.21 Å². The number of hydrogen-bond acceptors (Lipinski definition) is 3. The lowest BCUT2D eigenvalue weighted by molar-refractivity contribution is 0.313. The van der Waals surface area contributed by atoms with Gasteiger partial charge in [0.15, 0.2) is 0 Å². The number of fused-ring (bicyclic) bond motifs is 1. The van der Waals surface area contributed by atoms with Crippen molar-refractivity contribution in [2.45, 2.75) is 39.2 Å². The van der Waals surface area contributed by atoms with Crippen molar-refractivity contribution in [2.24, 2.45) is 16.3 Å². The average molecular weight is 272 g/mol. The molecule has 5 nitrogen and oxygen atoms in total. The highest BCUT2D eigenvalue weighted by Gasteiger charge is 2.44. The van der Waals surface area contributed by atoms with Crippen LogP contribution in [-0.2, 0) is 13.0 Å². The highest BCUT2D eigenvalue weighted by atomic mass is 16.4. The van der Waals surface area contributed by atoms with Crippen LogP contribution >= 0.6 is 0 Å². The second-order valence-electron chi connectivity index (χ2n) is 5.72. The maximum atomic E-state index is 8.77. The molecule has 5 heteroatoms. The first-order valence-electron chi connectivity index (χ1n) is 7.08. The van der Waals surface area contributed by atoms with E-state index in [1.54, 1.807) is 0 Å². The van der Waals surface area contributed by atoms with Crippen molar-refractivity contribution in [3.05, 3.63) is 30.1 Å². The molecule has 1 aliphatic rings. The Labute approximate surface area is 118 Å². The van der Waals surface area contributed by atoms with Gasteiger partial charge < -0.3 is 15.5 Å². The summed E-state index contributed by atoms with van der Waals surface area (Å²) in [6.45, 7) is 3.02. The van der Waals surface area contributed by atoms with Crippen LogP contribution in [0, 0.1) is 5.41 Å². The summed E-state index contributed by atoms with van der Waals surface area (Å²) in [5.41, 5.74) is 8.05. The highest BCUT2D eigenvalue weighted by molar-refractivity contribution is 5.81. The number of nitrogens with zero attached hydrogens (tertiary/aromatic N) is 3.